The van der Waals surface area contributed by atoms with E-state index < -0.39 is 64.9 Å². The molecule has 1 heterocycles. The van der Waals surface area contributed by atoms with E-state index in [0.29, 0.717) is 4.90 Å². The van der Waals surface area contributed by atoms with Gasteiger partial charge < -0.3 is 9.47 Å². The maximum atomic E-state index is 12.6. The Kier molecular flexibility index (Phi) is 7.75. The zero-order valence-corrected chi connectivity index (χ0v) is 18.3. The number of rotatable bonds is 7. The summed E-state index contributed by atoms with van der Waals surface area (Å²) < 4.78 is 9.20. The molecule has 1 aromatic rings. The molecule has 33 heavy (non-hydrogen) atoms. The highest BCUT2D eigenvalue weighted by molar-refractivity contribution is 6.38. The number of likely N-dealkylation sites (tertiary alicyclic amines) is 1. The third kappa shape index (κ3) is 5.45. The molecule has 2 rings (SSSR count). The molecular weight excluding hydrogens is 440 g/mol. The van der Waals surface area contributed by atoms with Crippen LogP contribution in [0.3, 0.4) is 0 Å². The highest BCUT2D eigenvalue weighted by atomic mass is 16.6. The molecular formula is C21H22N2O10. The number of amides is 2. The Morgan fingerprint density at radius 3 is 2.15 bits per heavy atom. The van der Waals surface area contributed by atoms with Crippen molar-refractivity contribution in [2.75, 3.05) is 6.61 Å². The molecule has 1 saturated heterocycles. The minimum absolute atomic E-state index is 0.224. The third-order valence-electron chi connectivity index (χ3n) is 5.24. The number of imide groups is 1. The lowest BCUT2D eigenvalue weighted by Gasteiger charge is -2.49. The van der Waals surface area contributed by atoms with E-state index >= 15 is 0 Å². The van der Waals surface area contributed by atoms with Crippen molar-refractivity contribution in [3.05, 3.63) is 39.9 Å². The van der Waals surface area contributed by atoms with Crippen molar-refractivity contribution in [2.45, 2.75) is 33.7 Å². The van der Waals surface area contributed by atoms with Crippen LogP contribution in [0.5, 0.6) is 0 Å². The number of carbonyl (C=O) groups excluding carboxylic acids is 6. The Balaban J connectivity index is 2.15. The summed E-state index contributed by atoms with van der Waals surface area (Å²) in [7, 11) is 0. The number of carbonyl (C=O) groups is 6. The summed E-state index contributed by atoms with van der Waals surface area (Å²) >= 11 is 0. The average molecular weight is 462 g/mol. The maximum Gasteiger partial charge on any atom is 0.405 e. The van der Waals surface area contributed by atoms with Gasteiger partial charge in [-0.2, -0.15) is 0 Å². The first-order valence-corrected chi connectivity index (χ1v) is 9.90. The predicted molar refractivity (Wildman–Crippen MR) is 108 cm³/mol. The minimum atomic E-state index is -1.64. The van der Waals surface area contributed by atoms with Crippen LogP contribution in [0.2, 0.25) is 0 Å². The van der Waals surface area contributed by atoms with Gasteiger partial charge in [0.25, 0.3) is 5.69 Å². The van der Waals surface area contributed by atoms with Crippen LogP contribution >= 0.6 is 0 Å². The van der Waals surface area contributed by atoms with E-state index in [1.54, 1.807) is 13.8 Å². The van der Waals surface area contributed by atoms with Gasteiger partial charge in [0.15, 0.2) is 5.78 Å². The van der Waals surface area contributed by atoms with Crippen LogP contribution in [0.1, 0.15) is 38.1 Å². The number of hydrogen-bond acceptors (Lipinski definition) is 10. The van der Waals surface area contributed by atoms with Crippen LogP contribution in [-0.4, -0.2) is 58.0 Å². The SMILES string of the molecule is CC(=O)OCC(=O)[C@H](C)C1C(C(C)C)C(=O)N1C(=O)C(=O)OC(=O)c1ccc([N+](=O)[O-])cc1. The number of β-lactam (4-membered cyclic amide) rings is 1. The van der Waals surface area contributed by atoms with Crippen LogP contribution in [-0.2, 0) is 33.4 Å². The van der Waals surface area contributed by atoms with Gasteiger partial charge in [0, 0.05) is 25.0 Å². The molecule has 12 heteroatoms. The quantitative estimate of drug-likeness (QED) is 0.143. The fraction of sp³-hybridized carbons (Fsp3) is 0.429. The van der Waals surface area contributed by atoms with Gasteiger partial charge in [0.2, 0.25) is 5.91 Å². The van der Waals surface area contributed by atoms with Gasteiger partial charge in [0.05, 0.1) is 22.4 Å². The highest BCUT2D eigenvalue weighted by Crippen LogP contribution is 2.38. The zero-order chi connectivity index (χ0) is 25.0. The molecule has 0 N–H and O–H groups in total. The molecule has 0 spiro atoms. The first-order chi connectivity index (χ1) is 15.4. The number of ether oxygens (including phenoxy) is 2. The fourth-order valence-corrected chi connectivity index (χ4v) is 3.48. The number of hydrogen-bond donors (Lipinski definition) is 0. The average Bonchev–Trinajstić information content (AvgIpc) is 2.74. The van der Waals surface area contributed by atoms with E-state index in [1.807, 2.05) is 0 Å². The van der Waals surface area contributed by atoms with Crippen LogP contribution in [0.25, 0.3) is 0 Å². The van der Waals surface area contributed by atoms with E-state index in [4.69, 9.17) is 0 Å². The summed E-state index contributed by atoms with van der Waals surface area (Å²) in [6.07, 6.45) is 0. The number of Topliss-reactive ketones (excluding diaryl/α,β-unsaturated/α-hetero) is 1. The lowest BCUT2D eigenvalue weighted by atomic mass is 9.72. The first kappa shape index (κ1) is 25.3. The van der Waals surface area contributed by atoms with Crippen molar-refractivity contribution >= 4 is 41.2 Å². The number of nitro groups is 1. The molecule has 2 amide bonds. The van der Waals surface area contributed by atoms with Crippen LogP contribution in [0.4, 0.5) is 5.69 Å². The lowest BCUT2D eigenvalue weighted by Crippen LogP contribution is -2.69. The standard InChI is InChI=1S/C21H22N2O10/c1-10(2)16-17(11(3)15(25)9-32-12(4)24)22(18(16)26)19(27)21(29)33-20(28)13-5-7-14(8-6-13)23(30)31/h5-8,10-11,16-17H,9H2,1-4H3/t11-,16?,17?/m0/s1. The monoisotopic (exact) mass is 462 g/mol. The number of non-ortho nitro benzene ring substituents is 1. The van der Waals surface area contributed by atoms with Crippen molar-refractivity contribution in [1.29, 1.82) is 0 Å². The number of esters is 3. The molecule has 0 saturated carbocycles. The molecule has 176 valence electrons. The smallest absolute Gasteiger partial charge is 0.405 e. The van der Waals surface area contributed by atoms with Crippen molar-refractivity contribution < 1.29 is 43.2 Å². The number of ketones is 1. The third-order valence-corrected chi connectivity index (χ3v) is 5.24. The Hall–Kier alpha value is -3.96. The van der Waals surface area contributed by atoms with Crippen molar-refractivity contribution in [3.63, 3.8) is 0 Å². The van der Waals surface area contributed by atoms with E-state index in [2.05, 4.69) is 9.47 Å². The number of nitro benzene ring substituents is 1. The zero-order valence-electron chi connectivity index (χ0n) is 18.3. The molecule has 1 fully saturated rings. The van der Waals surface area contributed by atoms with Gasteiger partial charge in [-0.25, -0.2) is 9.59 Å². The molecule has 3 atom stereocenters. The Labute approximate surface area is 188 Å². The minimum Gasteiger partial charge on any atom is -0.458 e. The number of benzene rings is 1. The molecule has 1 aliphatic rings. The summed E-state index contributed by atoms with van der Waals surface area (Å²) in [5.41, 5.74) is -0.520. The summed E-state index contributed by atoms with van der Waals surface area (Å²) in [4.78, 5) is 83.5. The number of nitrogens with zero attached hydrogens (tertiary/aromatic N) is 2. The van der Waals surface area contributed by atoms with Crippen LogP contribution in [0.15, 0.2) is 24.3 Å². The molecule has 2 unspecified atom stereocenters. The van der Waals surface area contributed by atoms with Gasteiger partial charge in [-0.15, -0.1) is 0 Å². The van der Waals surface area contributed by atoms with Crippen molar-refractivity contribution in [3.8, 4) is 0 Å². The van der Waals surface area contributed by atoms with E-state index in [-0.39, 0.29) is 17.2 Å². The van der Waals surface area contributed by atoms with Gasteiger partial charge in [0.1, 0.15) is 6.61 Å². The summed E-state index contributed by atoms with van der Waals surface area (Å²) in [6.45, 7) is 5.41. The van der Waals surface area contributed by atoms with E-state index in [0.717, 1.165) is 31.2 Å². The van der Waals surface area contributed by atoms with Crippen molar-refractivity contribution in [2.24, 2.45) is 17.8 Å². The molecule has 0 radical (unpaired) electrons. The molecule has 0 bridgehead atoms. The van der Waals surface area contributed by atoms with Crippen LogP contribution in [0, 0.1) is 27.9 Å². The van der Waals surface area contributed by atoms with Gasteiger partial charge in [-0.3, -0.25) is 34.2 Å². The highest BCUT2D eigenvalue weighted by Gasteiger charge is 2.56. The first-order valence-electron chi connectivity index (χ1n) is 9.90. The second-order valence-electron chi connectivity index (χ2n) is 7.79. The summed E-state index contributed by atoms with van der Waals surface area (Å²) in [5.74, 6) is -8.21. The molecule has 1 aromatic carbocycles. The molecule has 0 aliphatic carbocycles. The Morgan fingerprint density at radius 2 is 1.67 bits per heavy atom. The topological polar surface area (TPSA) is 167 Å². The Bertz CT molecular complexity index is 1010. The Morgan fingerprint density at radius 1 is 1.09 bits per heavy atom. The van der Waals surface area contributed by atoms with Gasteiger partial charge in [-0.1, -0.05) is 20.8 Å². The van der Waals surface area contributed by atoms with Gasteiger partial charge >= 0.3 is 23.8 Å². The largest absolute Gasteiger partial charge is 0.458 e. The van der Waals surface area contributed by atoms with E-state index in [9.17, 15) is 38.9 Å². The lowest BCUT2D eigenvalue weighted by molar-refractivity contribution is -0.384. The molecule has 0 aromatic heterocycles. The normalized spacial score (nSPS) is 18.2. The van der Waals surface area contributed by atoms with E-state index in [1.165, 1.54) is 6.92 Å². The fourth-order valence-electron chi connectivity index (χ4n) is 3.48. The summed E-state index contributed by atoms with van der Waals surface area (Å²) in [5, 5.41) is 10.7. The summed E-state index contributed by atoms with van der Waals surface area (Å²) in [6, 6.07) is 3.12. The molecule has 1 aliphatic heterocycles. The second kappa shape index (κ2) is 10.1. The maximum absolute atomic E-state index is 12.6. The second-order valence-corrected chi connectivity index (χ2v) is 7.79. The van der Waals surface area contributed by atoms with Crippen LogP contribution < -0.4 is 0 Å². The van der Waals surface area contributed by atoms with Crippen molar-refractivity contribution in [1.82, 2.24) is 4.90 Å². The molecule has 12 nitrogen and oxygen atoms in total. The predicted octanol–water partition coefficient (Wildman–Crippen LogP) is 1.06. The van der Waals surface area contributed by atoms with Gasteiger partial charge in [-0.05, 0) is 18.1 Å².